The molecule has 0 bridgehead atoms. The van der Waals surface area contributed by atoms with Crippen LogP contribution in [0.1, 0.15) is 23.2 Å². The average Bonchev–Trinajstić information content (AvgIpc) is 2.96. The summed E-state index contributed by atoms with van der Waals surface area (Å²) >= 11 is 6.73. The number of halogens is 2. The molecule has 80 valence electrons. The van der Waals surface area contributed by atoms with Crippen molar-refractivity contribution in [3.05, 3.63) is 32.7 Å². The summed E-state index contributed by atoms with van der Waals surface area (Å²) < 4.78 is 1.82. The number of hydrogen-bond acceptors (Lipinski definition) is 1. The fraction of sp³-hybridized carbons (Fsp3) is 0.364. The van der Waals surface area contributed by atoms with Crippen LogP contribution in [0, 0.1) is 5.92 Å². The largest absolute Gasteiger partial charge is 0.352 e. The Morgan fingerprint density at radius 2 is 1.87 bits per heavy atom. The normalized spacial score (nSPS) is 15.1. The number of nitrogens with one attached hydrogen (secondary N) is 1. The van der Waals surface area contributed by atoms with Gasteiger partial charge in [-0.25, -0.2) is 0 Å². The van der Waals surface area contributed by atoms with Gasteiger partial charge in [0.2, 0.25) is 0 Å². The SMILES string of the molecule is O=C(NCC1CC1)c1cc(Br)cc(Br)c1. The van der Waals surface area contributed by atoms with E-state index < -0.39 is 0 Å². The van der Waals surface area contributed by atoms with Gasteiger partial charge >= 0.3 is 0 Å². The van der Waals surface area contributed by atoms with Gasteiger partial charge in [0.15, 0.2) is 0 Å². The minimum absolute atomic E-state index is 0.00361. The molecule has 0 radical (unpaired) electrons. The Labute approximate surface area is 106 Å². The summed E-state index contributed by atoms with van der Waals surface area (Å²) in [6.07, 6.45) is 2.50. The Morgan fingerprint density at radius 1 is 1.27 bits per heavy atom. The van der Waals surface area contributed by atoms with E-state index in [1.807, 2.05) is 18.2 Å². The highest BCUT2D eigenvalue weighted by atomic mass is 79.9. The smallest absolute Gasteiger partial charge is 0.251 e. The summed E-state index contributed by atoms with van der Waals surface area (Å²) in [4.78, 5) is 11.7. The molecular formula is C11H11Br2NO. The highest BCUT2D eigenvalue weighted by Gasteiger charge is 2.21. The average molecular weight is 333 g/mol. The first-order valence-corrected chi connectivity index (χ1v) is 6.48. The van der Waals surface area contributed by atoms with Crippen LogP contribution in [0.25, 0.3) is 0 Å². The maximum absolute atomic E-state index is 11.7. The van der Waals surface area contributed by atoms with Gasteiger partial charge in [-0.05, 0) is 37.0 Å². The van der Waals surface area contributed by atoms with Gasteiger partial charge in [-0.3, -0.25) is 4.79 Å². The van der Waals surface area contributed by atoms with Crippen LogP contribution in [-0.2, 0) is 0 Å². The summed E-state index contributed by atoms with van der Waals surface area (Å²) in [6.45, 7) is 0.808. The molecule has 2 rings (SSSR count). The highest BCUT2D eigenvalue weighted by molar-refractivity contribution is 9.11. The molecule has 1 N–H and O–H groups in total. The maximum atomic E-state index is 11.7. The highest BCUT2D eigenvalue weighted by Crippen LogP contribution is 2.27. The first kappa shape index (κ1) is 11.1. The third-order valence-corrected chi connectivity index (χ3v) is 3.29. The molecule has 2 nitrogen and oxygen atoms in total. The quantitative estimate of drug-likeness (QED) is 0.903. The molecule has 1 aliphatic rings. The van der Waals surface area contributed by atoms with Crippen LogP contribution in [-0.4, -0.2) is 12.5 Å². The van der Waals surface area contributed by atoms with E-state index in [2.05, 4.69) is 37.2 Å². The predicted octanol–water partition coefficient (Wildman–Crippen LogP) is 3.35. The second-order valence-electron chi connectivity index (χ2n) is 3.81. The van der Waals surface area contributed by atoms with E-state index in [4.69, 9.17) is 0 Å². The molecule has 0 aromatic heterocycles. The molecule has 1 aliphatic carbocycles. The summed E-state index contributed by atoms with van der Waals surface area (Å²) in [5.74, 6) is 0.716. The molecule has 0 heterocycles. The van der Waals surface area contributed by atoms with Crippen LogP contribution in [0.5, 0.6) is 0 Å². The minimum Gasteiger partial charge on any atom is -0.352 e. The van der Waals surface area contributed by atoms with Gasteiger partial charge in [0.25, 0.3) is 5.91 Å². The summed E-state index contributed by atoms with van der Waals surface area (Å²) in [5, 5.41) is 2.93. The standard InChI is InChI=1S/C11H11Br2NO/c12-9-3-8(4-10(13)5-9)11(15)14-6-7-1-2-7/h3-5,7H,1-2,6H2,(H,14,15). The van der Waals surface area contributed by atoms with Crippen LogP contribution in [0.15, 0.2) is 27.1 Å². The first-order valence-electron chi connectivity index (χ1n) is 4.89. The lowest BCUT2D eigenvalue weighted by molar-refractivity contribution is 0.0951. The summed E-state index contributed by atoms with van der Waals surface area (Å²) in [5.41, 5.74) is 0.692. The third kappa shape index (κ3) is 3.31. The molecule has 4 heteroatoms. The van der Waals surface area contributed by atoms with E-state index in [0.717, 1.165) is 15.5 Å². The lowest BCUT2D eigenvalue weighted by Gasteiger charge is -2.05. The Balaban J connectivity index is 2.02. The number of carbonyl (C=O) groups is 1. The third-order valence-electron chi connectivity index (χ3n) is 2.37. The molecule has 0 unspecified atom stereocenters. The zero-order chi connectivity index (χ0) is 10.8. The molecule has 1 fully saturated rings. The lowest BCUT2D eigenvalue weighted by atomic mass is 10.2. The van der Waals surface area contributed by atoms with Gasteiger partial charge < -0.3 is 5.32 Å². The van der Waals surface area contributed by atoms with E-state index in [1.54, 1.807) is 0 Å². The second-order valence-corrected chi connectivity index (χ2v) is 5.64. The Morgan fingerprint density at radius 3 is 2.40 bits per heavy atom. The molecule has 15 heavy (non-hydrogen) atoms. The number of benzene rings is 1. The Kier molecular flexibility index (Phi) is 3.46. The van der Waals surface area contributed by atoms with Crippen molar-refractivity contribution >= 4 is 37.8 Å². The second kappa shape index (κ2) is 4.66. The van der Waals surface area contributed by atoms with Gasteiger partial charge in [-0.2, -0.15) is 0 Å². The van der Waals surface area contributed by atoms with Crippen LogP contribution in [0.3, 0.4) is 0 Å². The fourth-order valence-corrected chi connectivity index (χ4v) is 2.64. The molecule has 0 spiro atoms. The molecule has 1 aromatic carbocycles. The van der Waals surface area contributed by atoms with Crippen molar-refractivity contribution in [3.63, 3.8) is 0 Å². The zero-order valence-electron chi connectivity index (χ0n) is 8.09. The van der Waals surface area contributed by atoms with Crippen LogP contribution in [0.4, 0.5) is 0 Å². The topological polar surface area (TPSA) is 29.1 Å². The molecule has 0 aliphatic heterocycles. The van der Waals surface area contributed by atoms with Crippen molar-refractivity contribution in [2.45, 2.75) is 12.8 Å². The fourth-order valence-electron chi connectivity index (χ4n) is 1.35. The van der Waals surface area contributed by atoms with Crippen LogP contribution < -0.4 is 5.32 Å². The van der Waals surface area contributed by atoms with Crippen LogP contribution >= 0.6 is 31.9 Å². The number of amides is 1. The number of carbonyl (C=O) groups excluding carboxylic acids is 1. The monoisotopic (exact) mass is 331 g/mol. The number of rotatable bonds is 3. The van der Waals surface area contributed by atoms with Crippen molar-refractivity contribution in [1.29, 1.82) is 0 Å². The zero-order valence-corrected chi connectivity index (χ0v) is 11.3. The number of hydrogen-bond donors (Lipinski definition) is 1. The van der Waals surface area contributed by atoms with E-state index in [9.17, 15) is 4.79 Å². The van der Waals surface area contributed by atoms with Gasteiger partial charge in [-0.1, -0.05) is 31.9 Å². The van der Waals surface area contributed by atoms with Crippen molar-refractivity contribution in [2.24, 2.45) is 5.92 Å². The van der Waals surface area contributed by atoms with Crippen molar-refractivity contribution in [2.75, 3.05) is 6.54 Å². The molecule has 1 aromatic rings. The molecule has 1 saturated carbocycles. The van der Waals surface area contributed by atoms with Gasteiger partial charge in [0, 0.05) is 21.1 Å². The maximum Gasteiger partial charge on any atom is 0.251 e. The Bertz CT molecular complexity index is 368. The van der Waals surface area contributed by atoms with E-state index in [1.165, 1.54) is 12.8 Å². The van der Waals surface area contributed by atoms with Crippen molar-refractivity contribution in [1.82, 2.24) is 5.32 Å². The molecule has 1 amide bonds. The van der Waals surface area contributed by atoms with Crippen LogP contribution in [0.2, 0.25) is 0 Å². The first-order chi connectivity index (χ1) is 7.15. The summed E-state index contributed by atoms with van der Waals surface area (Å²) in [7, 11) is 0. The van der Waals surface area contributed by atoms with E-state index in [-0.39, 0.29) is 5.91 Å². The van der Waals surface area contributed by atoms with E-state index in [0.29, 0.717) is 11.5 Å². The van der Waals surface area contributed by atoms with Gasteiger partial charge in [0.1, 0.15) is 0 Å². The van der Waals surface area contributed by atoms with Crippen molar-refractivity contribution < 1.29 is 4.79 Å². The predicted molar refractivity (Wildman–Crippen MR) is 66.9 cm³/mol. The van der Waals surface area contributed by atoms with Gasteiger partial charge in [-0.15, -0.1) is 0 Å². The molecular weight excluding hydrogens is 322 g/mol. The molecule has 0 atom stereocenters. The summed E-state index contributed by atoms with van der Waals surface area (Å²) in [6, 6.07) is 5.57. The molecule has 0 saturated heterocycles. The van der Waals surface area contributed by atoms with Gasteiger partial charge in [0.05, 0.1) is 0 Å². The van der Waals surface area contributed by atoms with Crippen molar-refractivity contribution in [3.8, 4) is 0 Å². The minimum atomic E-state index is 0.00361. The Hall–Kier alpha value is -0.350. The lowest BCUT2D eigenvalue weighted by Crippen LogP contribution is -2.25. The van der Waals surface area contributed by atoms with E-state index >= 15 is 0 Å².